The van der Waals surface area contributed by atoms with Crippen molar-refractivity contribution < 1.29 is 0 Å². The molecule has 0 radical (unpaired) electrons. The van der Waals surface area contributed by atoms with Crippen LogP contribution in [-0.2, 0) is 0 Å². The van der Waals surface area contributed by atoms with Gasteiger partial charge in [-0.25, -0.2) is 0 Å². The molecular formula is C17H24BrClN2. The van der Waals surface area contributed by atoms with E-state index in [0.29, 0.717) is 12.0 Å². The number of nitrogens with one attached hydrogen (secondary N) is 1. The fraction of sp³-hybridized carbons (Fsp3) is 0.647. The van der Waals surface area contributed by atoms with E-state index >= 15 is 0 Å². The fourth-order valence-electron chi connectivity index (χ4n) is 3.48. The minimum Gasteiger partial charge on any atom is -0.314 e. The molecule has 4 heteroatoms. The number of rotatable bonds is 4. The number of likely N-dealkylation sites (tertiary alicyclic amines) is 1. The highest BCUT2D eigenvalue weighted by Crippen LogP contribution is 2.38. The van der Waals surface area contributed by atoms with E-state index in [1.54, 1.807) is 0 Å². The van der Waals surface area contributed by atoms with E-state index in [4.69, 9.17) is 11.6 Å². The summed E-state index contributed by atoms with van der Waals surface area (Å²) < 4.78 is 1.14. The molecule has 1 aliphatic carbocycles. The summed E-state index contributed by atoms with van der Waals surface area (Å²) >= 11 is 9.84. The van der Waals surface area contributed by atoms with Crippen LogP contribution in [0.4, 0.5) is 0 Å². The minimum atomic E-state index is 0.477. The third-order valence-corrected chi connectivity index (χ3v) is 5.71. The largest absolute Gasteiger partial charge is 0.314 e. The molecular weight excluding hydrogens is 348 g/mol. The van der Waals surface area contributed by atoms with Crippen molar-refractivity contribution in [2.24, 2.45) is 5.92 Å². The molecule has 21 heavy (non-hydrogen) atoms. The van der Waals surface area contributed by atoms with E-state index in [9.17, 15) is 0 Å². The van der Waals surface area contributed by atoms with Gasteiger partial charge in [0, 0.05) is 28.1 Å². The van der Waals surface area contributed by atoms with Crippen molar-refractivity contribution in [2.75, 3.05) is 20.1 Å². The minimum absolute atomic E-state index is 0.477. The Bertz CT molecular complexity index is 490. The molecule has 1 aromatic rings. The standard InChI is InChI=1S/C17H24BrClN2/c1-21-9-3-2-4-12(11-20-14-6-7-14)17(21)15-8-5-13(19)10-16(15)18/h5,8,10,12,14,17,20H,2-4,6-7,9,11H2,1H3. The summed E-state index contributed by atoms with van der Waals surface area (Å²) in [4.78, 5) is 2.53. The van der Waals surface area contributed by atoms with E-state index in [1.165, 1.54) is 44.2 Å². The van der Waals surface area contributed by atoms with Crippen LogP contribution in [0.3, 0.4) is 0 Å². The van der Waals surface area contributed by atoms with Gasteiger partial charge >= 0.3 is 0 Å². The maximum Gasteiger partial charge on any atom is 0.0417 e. The number of benzene rings is 1. The Labute approximate surface area is 141 Å². The smallest absolute Gasteiger partial charge is 0.0417 e. The summed E-state index contributed by atoms with van der Waals surface area (Å²) in [6, 6.07) is 7.51. The highest BCUT2D eigenvalue weighted by molar-refractivity contribution is 9.10. The SMILES string of the molecule is CN1CCCCC(CNC2CC2)C1c1ccc(Cl)cc1Br. The number of hydrogen-bond acceptors (Lipinski definition) is 2. The van der Waals surface area contributed by atoms with Crippen molar-refractivity contribution >= 4 is 27.5 Å². The second-order valence-corrected chi connectivity index (χ2v) is 7.82. The summed E-state index contributed by atoms with van der Waals surface area (Å²) in [6.45, 7) is 2.31. The molecule has 1 saturated heterocycles. The van der Waals surface area contributed by atoms with Crippen LogP contribution in [0.5, 0.6) is 0 Å². The van der Waals surface area contributed by atoms with Crippen LogP contribution in [-0.4, -0.2) is 31.1 Å². The molecule has 1 heterocycles. The molecule has 0 bridgehead atoms. The van der Waals surface area contributed by atoms with E-state index < -0.39 is 0 Å². The summed E-state index contributed by atoms with van der Waals surface area (Å²) in [5.41, 5.74) is 1.38. The van der Waals surface area contributed by atoms with Crippen LogP contribution < -0.4 is 5.32 Å². The van der Waals surface area contributed by atoms with Gasteiger partial charge in [0.2, 0.25) is 0 Å². The highest BCUT2D eigenvalue weighted by atomic mass is 79.9. The predicted molar refractivity (Wildman–Crippen MR) is 92.9 cm³/mol. The van der Waals surface area contributed by atoms with Crippen molar-refractivity contribution in [3.63, 3.8) is 0 Å². The highest BCUT2D eigenvalue weighted by Gasteiger charge is 2.31. The lowest BCUT2D eigenvalue weighted by molar-refractivity contribution is 0.188. The molecule has 2 fully saturated rings. The Kier molecular flexibility index (Phi) is 5.26. The molecule has 2 unspecified atom stereocenters. The third kappa shape index (κ3) is 4.01. The first-order chi connectivity index (χ1) is 10.1. The first-order valence-electron chi connectivity index (χ1n) is 8.03. The van der Waals surface area contributed by atoms with Crippen LogP contribution in [0.25, 0.3) is 0 Å². The zero-order chi connectivity index (χ0) is 14.8. The Morgan fingerprint density at radius 1 is 1.29 bits per heavy atom. The van der Waals surface area contributed by atoms with Crippen molar-refractivity contribution in [3.05, 3.63) is 33.3 Å². The number of halogens is 2. The Morgan fingerprint density at radius 2 is 2.10 bits per heavy atom. The average molecular weight is 372 g/mol. The van der Waals surface area contributed by atoms with Gasteiger partial charge in [-0.15, -0.1) is 0 Å². The second kappa shape index (κ2) is 6.99. The van der Waals surface area contributed by atoms with Gasteiger partial charge in [0.25, 0.3) is 0 Å². The Morgan fingerprint density at radius 3 is 2.81 bits per heavy atom. The predicted octanol–water partition coefficient (Wildman–Crippen LogP) is 4.63. The van der Waals surface area contributed by atoms with E-state index in [2.05, 4.69) is 39.3 Å². The maximum atomic E-state index is 6.12. The van der Waals surface area contributed by atoms with Crippen molar-refractivity contribution in [1.82, 2.24) is 10.2 Å². The van der Waals surface area contributed by atoms with Gasteiger partial charge in [-0.2, -0.15) is 0 Å². The van der Waals surface area contributed by atoms with Gasteiger partial charge < -0.3 is 5.32 Å². The topological polar surface area (TPSA) is 15.3 Å². The van der Waals surface area contributed by atoms with Crippen LogP contribution >= 0.6 is 27.5 Å². The first kappa shape index (κ1) is 15.8. The number of hydrogen-bond donors (Lipinski definition) is 1. The van der Waals surface area contributed by atoms with Gasteiger partial charge in [-0.05, 0) is 62.9 Å². The molecule has 2 aliphatic rings. The Balaban J connectivity index is 1.83. The third-order valence-electron chi connectivity index (χ3n) is 4.78. The quantitative estimate of drug-likeness (QED) is 0.830. The second-order valence-electron chi connectivity index (χ2n) is 6.53. The molecule has 0 amide bonds. The molecule has 2 nitrogen and oxygen atoms in total. The molecule has 1 aliphatic heterocycles. The zero-order valence-corrected chi connectivity index (χ0v) is 15.0. The van der Waals surface area contributed by atoms with E-state index in [1.807, 2.05) is 12.1 Å². The van der Waals surface area contributed by atoms with Gasteiger partial charge in [0.05, 0.1) is 0 Å². The molecule has 1 N–H and O–H groups in total. The molecule has 2 atom stereocenters. The van der Waals surface area contributed by atoms with Crippen LogP contribution in [0, 0.1) is 5.92 Å². The lowest BCUT2D eigenvalue weighted by atomic mass is 9.89. The number of nitrogens with zero attached hydrogens (tertiary/aromatic N) is 1. The first-order valence-corrected chi connectivity index (χ1v) is 9.21. The van der Waals surface area contributed by atoms with Gasteiger partial charge in [-0.1, -0.05) is 40.0 Å². The van der Waals surface area contributed by atoms with Gasteiger partial charge in [0.15, 0.2) is 0 Å². The van der Waals surface area contributed by atoms with E-state index in [0.717, 1.165) is 22.1 Å². The van der Waals surface area contributed by atoms with Gasteiger partial charge in [-0.3, -0.25) is 4.90 Å². The molecule has 116 valence electrons. The Hall–Kier alpha value is -0.0900. The monoisotopic (exact) mass is 370 g/mol. The molecule has 0 spiro atoms. The molecule has 1 aromatic carbocycles. The summed E-state index contributed by atoms with van der Waals surface area (Å²) in [6.07, 6.45) is 6.67. The molecule has 3 rings (SSSR count). The van der Waals surface area contributed by atoms with E-state index in [-0.39, 0.29) is 0 Å². The normalized spacial score (nSPS) is 27.6. The van der Waals surface area contributed by atoms with Crippen LogP contribution in [0.15, 0.2) is 22.7 Å². The van der Waals surface area contributed by atoms with Crippen molar-refractivity contribution in [2.45, 2.75) is 44.2 Å². The zero-order valence-electron chi connectivity index (χ0n) is 12.6. The lowest BCUT2D eigenvalue weighted by Crippen LogP contribution is -2.35. The lowest BCUT2D eigenvalue weighted by Gasteiger charge is -2.34. The maximum absolute atomic E-state index is 6.12. The van der Waals surface area contributed by atoms with Crippen LogP contribution in [0.2, 0.25) is 5.02 Å². The van der Waals surface area contributed by atoms with Crippen molar-refractivity contribution in [3.8, 4) is 0 Å². The summed E-state index contributed by atoms with van der Waals surface area (Å²) in [7, 11) is 2.27. The summed E-state index contributed by atoms with van der Waals surface area (Å²) in [5, 5.41) is 4.54. The summed E-state index contributed by atoms with van der Waals surface area (Å²) in [5.74, 6) is 0.676. The molecule has 1 saturated carbocycles. The van der Waals surface area contributed by atoms with Gasteiger partial charge in [0.1, 0.15) is 0 Å². The van der Waals surface area contributed by atoms with Crippen LogP contribution in [0.1, 0.15) is 43.7 Å². The van der Waals surface area contributed by atoms with Crippen molar-refractivity contribution in [1.29, 1.82) is 0 Å². The average Bonchev–Trinajstić information content (AvgIpc) is 3.26. The molecule has 0 aromatic heterocycles. The fourth-order valence-corrected chi connectivity index (χ4v) is 4.39.